The number of nitrogens with one attached hydrogen (secondary N) is 1. The molecule has 0 saturated heterocycles. The third kappa shape index (κ3) is 6.57. The number of pyridine rings is 1. The number of carboxylic acid groups (broad SMARTS) is 1. The van der Waals surface area contributed by atoms with Crippen molar-refractivity contribution < 1.29 is 28.9 Å². The molecule has 1 unspecified atom stereocenters. The Bertz CT molecular complexity index is 1270. The molecule has 1 aromatic heterocycles. The monoisotopic (exact) mass is 508 g/mol. The van der Waals surface area contributed by atoms with Crippen molar-refractivity contribution in [2.45, 2.75) is 46.1 Å². The molecule has 2 N–H and O–H groups in total. The summed E-state index contributed by atoms with van der Waals surface area (Å²) in [7, 11) is 3.15. The first-order valence-corrected chi connectivity index (χ1v) is 12.3. The predicted molar refractivity (Wildman–Crippen MR) is 143 cm³/mol. The molecular formula is C29H36N2O6. The number of para-hydroxylation sites is 1. The summed E-state index contributed by atoms with van der Waals surface area (Å²) < 4.78 is 16.8. The van der Waals surface area contributed by atoms with Crippen LogP contribution in [0.3, 0.4) is 0 Å². The number of fused-ring (bicyclic) bond motifs is 1. The van der Waals surface area contributed by atoms with Crippen LogP contribution >= 0.6 is 0 Å². The van der Waals surface area contributed by atoms with Gasteiger partial charge in [-0.1, -0.05) is 25.1 Å². The number of hydrogen-bond donors (Lipinski definition) is 2. The van der Waals surface area contributed by atoms with Gasteiger partial charge >= 0.3 is 5.97 Å². The highest BCUT2D eigenvalue weighted by Gasteiger charge is 2.30. The summed E-state index contributed by atoms with van der Waals surface area (Å²) in [4.78, 5) is 29.6. The number of rotatable bonds is 12. The summed E-state index contributed by atoms with van der Waals surface area (Å²) >= 11 is 0. The topological polar surface area (TPSA) is 107 Å². The molecule has 0 saturated carbocycles. The molecule has 0 aliphatic carbocycles. The van der Waals surface area contributed by atoms with Gasteiger partial charge in [-0.05, 0) is 63.9 Å². The quantitative estimate of drug-likeness (QED) is 0.340. The lowest BCUT2D eigenvalue weighted by atomic mass is 9.90. The minimum Gasteiger partial charge on any atom is -0.493 e. The SMILES string of the molecule is CCC(C)(CNC(=O)c1cc(-c2ccc(OC)c(OC)c2)nc2ccccc12)OCCC(C)(C)C(=O)O. The van der Waals surface area contributed by atoms with Crippen LogP contribution in [0.5, 0.6) is 11.5 Å². The smallest absolute Gasteiger partial charge is 0.309 e. The lowest BCUT2D eigenvalue weighted by molar-refractivity contribution is -0.149. The molecule has 8 heteroatoms. The molecule has 0 fully saturated rings. The Balaban J connectivity index is 1.85. The third-order valence-corrected chi connectivity index (χ3v) is 6.77. The molecule has 0 aliphatic rings. The fraction of sp³-hybridized carbons (Fsp3) is 0.414. The zero-order valence-corrected chi connectivity index (χ0v) is 22.4. The van der Waals surface area contributed by atoms with Gasteiger partial charge in [-0.25, -0.2) is 4.98 Å². The minimum atomic E-state index is -0.881. The van der Waals surface area contributed by atoms with Crippen molar-refractivity contribution in [2.75, 3.05) is 27.4 Å². The largest absolute Gasteiger partial charge is 0.493 e. The summed E-state index contributed by atoms with van der Waals surface area (Å²) in [6.07, 6.45) is 1.02. The maximum atomic E-state index is 13.4. The van der Waals surface area contributed by atoms with Gasteiger partial charge < -0.3 is 24.6 Å². The van der Waals surface area contributed by atoms with Gasteiger partial charge in [-0.15, -0.1) is 0 Å². The van der Waals surface area contributed by atoms with E-state index >= 15 is 0 Å². The Morgan fingerprint density at radius 2 is 1.70 bits per heavy atom. The average molecular weight is 509 g/mol. The first-order chi connectivity index (χ1) is 17.5. The second kappa shape index (κ2) is 11.6. The molecule has 1 heterocycles. The molecule has 8 nitrogen and oxygen atoms in total. The van der Waals surface area contributed by atoms with E-state index < -0.39 is 17.0 Å². The number of aromatic nitrogens is 1. The molecule has 198 valence electrons. The van der Waals surface area contributed by atoms with Crippen LogP contribution in [0.25, 0.3) is 22.2 Å². The number of carbonyl (C=O) groups is 2. The van der Waals surface area contributed by atoms with Crippen molar-refractivity contribution in [3.63, 3.8) is 0 Å². The van der Waals surface area contributed by atoms with Crippen molar-refractivity contribution in [1.29, 1.82) is 0 Å². The summed E-state index contributed by atoms with van der Waals surface area (Å²) in [6, 6.07) is 14.8. The zero-order valence-electron chi connectivity index (χ0n) is 22.4. The van der Waals surface area contributed by atoms with Gasteiger partial charge in [0.05, 0.1) is 42.0 Å². The highest BCUT2D eigenvalue weighted by atomic mass is 16.5. The van der Waals surface area contributed by atoms with Crippen LogP contribution in [0, 0.1) is 5.41 Å². The van der Waals surface area contributed by atoms with Crippen molar-refractivity contribution in [3.8, 4) is 22.8 Å². The summed E-state index contributed by atoms with van der Waals surface area (Å²) in [5.41, 5.74) is 1.11. The van der Waals surface area contributed by atoms with Crippen LogP contribution in [-0.2, 0) is 9.53 Å². The number of nitrogens with zero attached hydrogens (tertiary/aromatic N) is 1. The molecule has 1 atom stereocenters. The average Bonchev–Trinajstić information content (AvgIpc) is 2.90. The van der Waals surface area contributed by atoms with E-state index in [0.717, 1.165) is 10.9 Å². The number of methoxy groups -OCH3 is 2. The minimum absolute atomic E-state index is 0.241. The Kier molecular flexibility index (Phi) is 8.76. The van der Waals surface area contributed by atoms with E-state index in [-0.39, 0.29) is 19.1 Å². The first kappa shape index (κ1) is 27.9. The van der Waals surface area contributed by atoms with E-state index in [1.165, 1.54) is 0 Å². The van der Waals surface area contributed by atoms with Crippen molar-refractivity contribution in [1.82, 2.24) is 10.3 Å². The lowest BCUT2D eigenvalue weighted by Gasteiger charge is -2.30. The molecule has 0 aliphatic heterocycles. The normalized spacial score (nSPS) is 13.1. The summed E-state index contributed by atoms with van der Waals surface area (Å²) in [5.74, 6) is 0.0745. The van der Waals surface area contributed by atoms with Crippen LogP contribution in [0.4, 0.5) is 0 Å². The number of amides is 1. The van der Waals surface area contributed by atoms with Gasteiger partial charge in [0.2, 0.25) is 0 Å². The van der Waals surface area contributed by atoms with E-state index in [1.54, 1.807) is 40.2 Å². The summed E-state index contributed by atoms with van der Waals surface area (Å²) in [6.45, 7) is 7.80. The van der Waals surface area contributed by atoms with Gasteiger partial charge in [-0.2, -0.15) is 0 Å². The molecule has 3 aromatic rings. The molecular weight excluding hydrogens is 472 g/mol. The Morgan fingerprint density at radius 1 is 1.00 bits per heavy atom. The van der Waals surface area contributed by atoms with E-state index in [9.17, 15) is 14.7 Å². The highest BCUT2D eigenvalue weighted by Crippen LogP contribution is 2.33. The predicted octanol–water partition coefficient (Wildman–Crippen LogP) is 5.34. The van der Waals surface area contributed by atoms with E-state index in [1.807, 2.05) is 50.2 Å². The maximum Gasteiger partial charge on any atom is 0.309 e. The molecule has 37 heavy (non-hydrogen) atoms. The standard InChI is InChI=1S/C29H36N2O6/c1-7-29(4,37-15-14-28(2,3)27(33)34)18-30-26(32)21-17-23(31-22-11-9-8-10-20(21)22)19-12-13-24(35-5)25(16-19)36-6/h8-13,16-17H,7,14-15,18H2,1-6H3,(H,30,32)(H,33,34). The zero-order chi connectivity index (χ0) is 27.2. The van der Waals surface area contributed by atoms with Crippen molar-refractivity contribution in [3.05, 3.63) is 54.1 Å². The van der Waals surface area contributed by atoms with Crippen LogP contribution in [0.2, 0.25) is 0 Å². The van der Waals surface area contributed by atoms with Gasteiger partial charge in [0.15, 0.2) is 11.5 Å². The van der Waals surface area contributed by atoms with E-state index in [2.05, 4.69) is 5.32 Å². The number of carbonyl (C=O) groups excluding carboxylic acids is 1. The number of hydrogen-bond acceptors (Lipinski definition) is 6. The van der Waals surface area contributed by atoms with Gasteiger partial charge in [-0.3, -0.25) is 9.59 Å². The number of ether oxygens (including phenoxy) is 3. The Morgan fingerprint density at radius 3 is 2.35 bits per heavy atom. The molecule has 0 bridgehead atoms. The van der Waals surface area contributed by atoms with Crippen LogP contribution in [0.1, 0.15) is 50.9 Å². The van der Waals surface area contributed by atoms with Gasteiger partial charge in [0, 0.05) is 24.1 Å². The fourth-order valence-corrected chi connectivity index (χ4v) is 3.81. The number of carboxylic acids is 1. The maximum absolute atomic E-state index is 13.4. The van der Waals surface area contributed by atoms with Crippen LogP contribution in [-0.4, -0.2) is 54.9 Å². The molecule has 0 spiro atoms. The second-order valence-corrected chi connectivity index (χ2v) is 9.92. The molecule has 2 aromatic carbocycles. The van der Waals surface area contributed by atoms with Crippen LogP contribution < -0.4 is 14.8 Å². The lowest BCUT2D eigenvalue weighted by Crippen LogP contribution is -2.43. The van der Waals surface area contributed by atoms with Gasteiger partial charge in [0.1, 0.15) is 0 Å². The van der Waals surface area contributed by atoms with Gasteiger partial charge in [0.25, 0.3) is 5.91 Å². The van der Waals surface area contributed by atoms with E-state index in [4.69, 9.17) is 19.2 Å². The third-order valence-electron chi connectivity index (χ3n) is 6.77. The first-order valence-electron chi connectivity index (χ1n) is 12.3. The summed E-state index contributed by atoms with van der Waals surface area (Å²) in [5, 5.41) is 13.1. The van der Waals surface area contributed by atoms with Crippen molar-refractivity contribution >= 4 is 22.8 Å². The van der Waals surface area contributed by atoms with Crippen molar-refractivity contribution in [2.24, 2.45) is 5.41 Å². The van der Waals surface area contributed by atoms with Crippen LogP contribution in [0.15, 0.2) is 48.5 Å². The molecule has 1 amide bonds. The van der Waals surface area contributed by atoms with E-state index in [0.29, 0.717) is 41.1 Å². The second-order valence-electron chi connectivity index (χ2n) is 9.92. The fourth-order valence-electron chi connectivity index (χ4n) is 3.81. The Labute approximate surface area is 218 Å². The molecule has 0 radical (unpaired) electrons. The molecule has 3 rings (SSSR count). The number of aliphatic carboxylic acids is 1. The number of benzene rings is 2. The highest BCUT2D eigenvalue weighted by molar-refractivity contribution is 6.07. The Hall–Kier alpha value is -3.65.